The summed E-state index contributed by atoms with van der Waals surface area (Å²) in [7, 11) is 0. The summed E-state index contributed by atoms with van der Waals surface area (Å²) >= 11 is 0. The van der Waals surface area contributed by atoms with Crippen LogP contribution in [0.1, 0.15) is 41.6 Å². The van der Waals surface area contributed by atoms with Crippen LogP contribution in [0.25, 0.3) is 0 Å². The van der Waals surface area contributed by atoms with Gasteiger partial charge in [0.2, 0.25) is 0 Å². The van der Waals surface area contributed by atoms with E-state index in [-0.39, 0.29) is 11.5 Å². The van der Waals surface area contributed by atoms with Crippen molar-refractivity contribution in [3.8, 4) is 0 Å². The molecule has 0 saturated carbocycles. The Hall–Kier alpha value is -1.42. The average Bonchev–Trinajstić information content (AvgIpc) is 2.28. The predicted octanol–water partition coefficient (Wildman–Crippen LogP) is 2.38. The molecular formula is C13H16FNO2. The predicted molar refractivity (Wildman–Crippen MR) is 62.8 cm³/mol. The third-order valence-corrected chi connectivity index (χ3v) is 3.26. The van der Waals surface area contributed by atoms with Crippen LogP contribution in [0.15, 0.2) is 18.2 Å². The van der Waals surface area contributed by atoms with E-state index in [1.54, 1.807) is 6.07 Å². The second-order valence-corrected chi connectivity index (χ2v) is 4.65. The van der Waals surface area contributed by atoms with Gasteiger partial charge in [-0.05, 0) is 56.0 Å². The van der Waals surface area contributed by atoms with Crippen LogP contribution in [0.4, 0.5) is 4.39 Å². The van der Waals surface area contributed by atoms with E-state index in [0.29, 0.717) is 6.04 Å². The number of piperidine rings is 1. The zero-order chi connectivity index (χ0) is 12.4. The second kappa shape index (κ2) is 4.84. The van der Waals surface area contributed by atoms with Gasteiger partial charge < -0.3 is 10.4 Å². The highest BCUT2D eigenvalue weighted by Gasteiger charge is 2.21. The molecule has 1 fully saturated rings. The number of carboxylic acid groups (broad SMARTS) is 1. The quantitative estimate of drug-likeness (QED) is 0.830. The Kier molecular flexibility index (Phi) is 3.43. The van der Waals surface area contributed by atoms with Crippen LogP contribution in [0.2, 0.25) is 0 Å². The van der Waals surface area contributed by atoms with Crippen LogP contribution in [0, 0.1) is 5.82 Å². The van der Waals surface area contributed by atoms with Crippen LogP contribution in [-0.2, 0) is 0 Å². The highest BCUT2D eigenvalue weighted by atomic mass is 19.1. The first-order valence-electron chi connectivity index (χ1n) is 5.83. The lowest BCUT2D eigenvalue weighted by Crippen LogP contribution is -2.34. The summed E-state index contributed by atoms with van der Waals surface area (Å²) in [6, 6.07) is 4.50. The van der Waals surface area contributed by atoms with Crippen molar-refractivity contribution >= 4 is 5.97 Å². The van der Waals surface area contributed by atoms with Gasteiger partial charge in [0.05, 0.1) is 5.56 Å². The minimum atomic E-state index is -1.08. The van der Waals surface area contributed by atoms with E-state index < -0.39 is 11.8 Å². The summed E-state index contributed by atoms with van der Waals surface area (Å²) in [4.78, 5) is 10.9. The van der Waals surface area contributed by atoms with Crippen molar-refractivity contribution in [1.82, 2.24) is 5.32 Å². The van der Waals surface area contributed by atoms with E-state index in [1.807, 2.05) is 0 Å². The highest BCUT2D eigenvalue weighted by molar-refractivity contribution is 5.87. The molecule has 0 bridgehead atoms. The topological polar surface area (TPSA) is 49.3 Å². The van der Waals surface area contributed by atoms with Gasteiger partial charge in [-0.25, -0.2) is 9.18 Å². The Morgan fingerprint density at radius 1 is 1.47 bits per heavy atom. The molecule has 17 heavy (non-hydrogen) atoms. The summed E-state index contributed by atoms with van der Waals surface area (Å²) in [6.45, 7) is 2.98. The molecule has 0 aromatic heterocycles. The molecule has 2 N–H and O–H groups in total. The van der Waals surface area contributed by atoms with Gasteiger partial charge in [0.1, 0.15) is 5.82 Å². The van der Waals surface area contributed by atoms with Crippen LogP contribution in [0.5, 0.6) is 0 Å². The number of carboxylic acids is 1. The lowest BCUT2D eigenvalue weighted by atomic mass is 9.86. The molecule has 1 saturated heterocycles. The molecule has 0 amide bonds. The van der Waals surface area contributed by atoms with Crippen LogP contribution >= 0.6 is 0 Å². The van der Waals surface area contributed by atoms with Gasteiger partial charge in [0, 0.05) is 6.04 Å². The van der Waals surface area contributed by atoms with Gasteiger partial charge in [-0.1, -0.05) is 0 Å². The largest absolute Gasteiger partial charge is 0.478 e. The average molecular weight is 237 g/mol. The summed E-state index contributed by atoms with van der Waals surface area (Å²) in [5.74, 6) is -1.29. The molecule has 1 aliphatic rings. The number of rotatable bonds is 2. The van der Waals surface area contributed by atoms with E-state index in [4.69, 9.17) is 5.11 Å². The molecule has 3 nitrogen and oxygen atoms in total. The van der Waals surface area contributed by atoms with E-state index in [0.717, 1.165) is 31.0 Å². The van der Waals surface area contributed by atoms with Crippen molar-refractivity contribution in [2.75, 3.05) is 6.54 Å². The van der Waals surface area contributed by atoms with E-state index in [2.05, 4.69) is 12.2 Å². The maximum atomic E-state index is 13.4. The number of halogens is 1. The van der Waals surface area contributed by atoms with Crippen molar-refractivity contribution in [3.05, 3.63) is 35.1 Å². The van der Waals surface area contributed by atoms with Crippen molar-refractivity contribution in [1.29, 1.82) is 0 Å². The smallest absolute Gasteiger partial charge is 0.335 e. The highest BCUT2D eigenvalue weighted by Crippen LogP contribution is 2.28. The SMILES string of the molecule is C[C@H]1C[C@H](c2cc(F)cc(C(=O)O)c2)CCN1. The number of carbonyl (C=O) groups is 1. The van der Waals surface area contributed by atoms with Crippen molar-refractivity contribution in [3.63, 3.8) is 0 Å². The molecule has 1 heterocycles. The van der Waals surface area contributed by atoms with Crippen molar-refractivity contribution in [2.45, 2.75) is 31.7 Å². The number of hydrogen-bond acceptors (Lipinski definition) is 2. The Bertz CT molecular complexity index is 433. The van der Waals surface area contributed by atoms with Crippen LogP contribution in [0.3, 0.4) is 0 Å². The maximum Gasteiger partial charge on any atom is 0.335 e. The summed E-state index contributed by atoms with van der Waals surface area (Å²) in [5, 5.41) is 12.2. The zero-order valence-corrected chi connectivity index (χ0v) is 9.74. The minimum Gasteiger partial charge on any atom is -0.478 e. The summed E-state index contributed by atoms with van der Waals surface area (Å²) in [5.41, 5.74) is 0.835. The molecule has 1 aromatic carbocycles. The lowest BCUT2D eigenvalue weighted by Gasteiger charge is -2.28. The maximum absolute atomic E-state index is 13.4. The van der Waals surface area contributed by atoms with E-state index in [1.165, 1.54) is 6.07 Å². The first kappa shape index (κ1) is 12.0. The Labute approximate surface area is 99.7 Å². The molecule has 1 aromatic rings. The summed E-state index contributed by atoms with van der Waals surface area (Å²) < 4.78 is 13.4. The fourth-order valence-corrected chi connectivity index (χ4v) is 2.41. The van der Waals surface area contributed by atoms with Gasteiger partial charge in [-0.15, -0.1) is 0 Å². The molecule has 92 valence electrons. The normalized spacial score (nSPS) is 24.6. The molecule has 0 radical (unpaired) electrons. The third-order valence-electron chi connectivity index (χ3n) is 3.26. The Morgan fingerprint density at radius 2 is 2.24 bits per heavy atom. The molecule has 2 rings (SSSR count). The lowest BCUT2D eigenvalue weighted by molar-refractivity contribution is 0.0696. The Balaban J connectivity index is 2.28. The first-order valence-corrected chi connectivity index (χ1v) is 5.83. The van der Waals surface area contributed by atoms with Gasteiger partial charge >= 0.3 is 5.97 Å². The molecule has 0 spiro atoms. The molecular weight excluding hydrogens is 221 g/mol. The van der Waals surface area contributed by atoms with Gasteiger partial charge in [0.15, 0.2) is 0 Å². The van der Waals surface area contributed by atoms with Gasteiger partial charge in [-0.3, -0.25) is 0 Å². The van der Waals surface area contributed by atoms with E-state index >= 15 is 0 Å². The fourth-order valence-electron chi connectivity index (χ4n) is 2.41. The molecule has 2 atom stereocenters. The number of aromatic carboxylic acids is 1. The minimum absolute atomic E-state index is 0.0335. The van der Waals surface area contributed by atoms with Crippen molar-refractivity contribution < 1.29 is 14.3 Å². The standard InChI is InChI=1S/C13H16FNO2/c1-8-4-9(2-3-15-8)10-5-11(13(16)17)7-12(14)6-10/h5-9,15H,2-4H2,1H3,(H,16,17)/t8-,9+/m0/s1. The molecule has 4 heteroatoms. The first-order chi connectivity index (χ1) is 8.06. The molecule has 0 unspecified atom stereocenters. The van der Waals surface area contributed by atoms with Crippen LogP contribution in [-0.4, -0.2) is 23.7 Å². The monoisotopic (exact) mass is 237 g/mol. The van der Waals surface area contributed by atoms with E-state index in [9.17, 15) is 9.18 Å². The number of hydrogen-bond donors (Lipinski definition) is 2. The Morgan fingerprint density at radius 3 is 2.88 bits per heavy atom. The summed E-state index contributed by atoms with van der Waals surface area (Å²) in [6.07, 6.45) is 1.84. The van der Waals surface area contributed by atoms with Gasteiger partial charge in [-0.2, -0.15) is 0 Å². The molecule has 1 aliphatic heterocycles. The fraction of sp³-hybridized carbons (Fsp3) is 0.462. The number of benzene rings is 1. The number of nitrogens with one attached hydrogen (secondary N) is 1. The second-order valence-electron chi connectivity index (χ2n) is 4.65. The van der Waals surface area contributed by atoms with Crippen LogP contribution < -0.4 is 5.32 Å². The third kappa shape index (κ3) is 2.82. The zero-order valence-electron chi connectivity index (χ0n) is 9.74. The van der Waals surface area contributed by atoms with Crippen molar-refractivity contribution in [2.24, 2.45) is 0 Å². The molecule has 0 aliphatic carbocycles. The van der Waals surface area contributed by atoms with Gasteiger partial charge in [0.25, 0.3) is 0 Å².